The van der Waals surface area contributed by atoms with Gasteiger partial charge in [0, 0.05) is 29.3 Å². The monoisotopic (exact) mass is 329 g/mol. The van der Waals surface area contributed by atoms with Crippen LogP contribution in [0.5, 0.6) is 5.75 Å². The van der Waals surface area contributed by atoms with Crippen LogP contribution < -0.4 is 4.74 Å². The number of rotatable bonds is 5. The Bertz CT molecular complexity index is 633. The Morgan fingerprint density at radius 1 is 1.33 bits per heavy atom. The highest BCUT2D eigenvalue weighted by molar-refractivity contribution is 8.13. The number of hydrogen-bond donors (Lipinski definition) is 0. The number of hydrogen-bond acceptors (Lipinski definition) is 5. The van der Waals surface area contributed by atoms with Crippen LogP contribution in [0.1, 0.15) is 18.4 Å². The molecule has 1 fully saturated rings. The molecule has 0 spiro atoms. The first-order chi connectivity index (χ1) is 9.94. The largest absolute Gasteiger partial charge is 0.492 e. The number of nitrogens with zero attached hydrogens (tertiary/aromatic N) is 1. The van der Waals surface area contributed by atoms with Crippen molar-refractivity contribution in [2.45, 2.75) is 12.8 Å². The zero-order chi connectivity index (χ0) is 15.3. The Hall–Kier alpha value is -1.29. The predicted molar refractivity (Wildman–Crippen MR) is 78.8 cm³/mol. The van der Waals surface area contributed by atoms with E-state index in [0.29, 0.717) is 37.4 Å². The summed E-state index contributed by atoms with van der Waals surface area (Å²) in [6.45, 7) is 1.16. The number of halogens is 1. The van der Waals surface area contributed by atoms with E-state index in [-0.39, 0.29) is 12.4 Å². The Balaban J connectivity index is 2.14. The molecule has 0 aliphatic carbocycles. The van der Waals surface area contributed by atoms with Gasteiger partial charge < -0.3 is 9.47 Å². The minimum atomic E-state index is -3.63. The lowest BCUT2D eigenvalue weighted by Crippen LogP contribution is -2.40. The topological polar surface area (TPSA) is 76.4 Å². The second-order valence-electron chi connectivity index (χ2n) is 5.19. The molecule has 0 bridgehead atoms. The molecule has 2 rings (SSSR count). The average Bonchev–Trinajstić information content (AvgIpc) is 2.45. The van der Waals surface area contributed by atoms with Crippen molar-refractivity contribution in [1.29, 1.82) is 5.26 Å². The highest BCUT2D eigenvalue weighted by Gasteiger charge is 2.37. The minimum Gasteiger partial charge on any atom is -0.492 e. The van der Waals surface area contributed by atoms with Crippen molar-refractivity contribution in [3.8, 4) is 11.8 Å². The van der Waals surface area contributed by atoms with E-state index in [4.69, 9.17) is 25.4 Å². The molecule has 0 amide bonds. The van der Waals surface area contributed by atoms with Gasteiger partial charge in [0.2, 0.25) is 9.05 Å². The van der Waals surface area contributed by atoms with Crippen LogP contribution in [0.2, 0.25) is 0 Å². The van der Waals surface area contributed by atoms with E-state index in [2.05, 4.69) is 6.07 Å². The van der Waals surface area contributed by atoms with Gasteiger partial charge in [-0.3, -0.25) is 0 Å². The number of para-hydroxylation sites is 1. The van der Waals surface area contributed by atoms with Crippen LogP contribution in [0, 0.1) is 16.7 Å². The molecule has 1 aromatic rings. The molecule has 0 radical (unpaired) electrons. The molecule has 114 valence electrons. The molecular weight excluding hydrogens is 314 g/mol. The third-order valence-electron chi connectivity index (χ3n) is 3.57. The Morgan fingerprint density at radius 3 is 2.62 bits per heavy atom. The number of nitriles is 1. The average molecular weight is 330 g/mol. The summed E-state index contributed by atoms with van der Waals surface area (Å²) in [5, 5.41) is 9.04. The zero-order valence-electron chi connectivity index (χ0n) is 11.4. The van der Waals surface area contributed by atoms with Gasteiger partial charge in [0.05, 0.1) is 17.9 Å². The molecule has 1 heterocycles. The minimum absolute atomic E-state index is 0.153. The van der Waals surface area contributed by atoms with Crippen LogP contribution in [-0.4, -0.2) is 34.0 Å². The molecule has 1 aliphatic heterocycles. The molecule has 0 unspecified atom stereocenters. The van der Waals surface area contributed by atoms with E-state index < -0.39 is 14.5 Å². The highest BCUT2D eigenvalue weighted by Crippen LogP contribution is 2.34. The maximum Gasteiger partial charge on any atom is 0.233 e. The standard InChI is InChI=1S/C14H16ClNO4S/c15-21(17,18)11-14(5-7-19-8-6-14)10-20-13-4-2-1-3-12(13)9-16/h1-4H,5-8,10-11H2. The summed E-state index contributed by atoms with van der Waals surface area (Å²) in [4.78, 5) is 0. The normalized spacial score (nSPS) is 17.9. The summed E-state index contributed by atoms with van der Waals surface area (Å²) >= 11 is 0. The summed E-state index contributed by atoms with van der Waals surface area (Å²) in [6.07, 6.45) is 1.13. The van der Waals surface area contributed by atoms with Crippen molar-refractivity contribution in [1.82, 2.24) is 0 Å². The molecule has 0 saturated carbocycles. The molecule has 0 aromatic heterocycles. The number of ether oxygens (including phenoxy) is 2. The third-order valence-corrected chi connectivity index (χ3v) is 4.86. The van der Waals surface area contributed by atoms with E-state index in [1.807, 2.05) is 0 Å². The van der Waals surface area contributed by atoms with Gasteiger partial charge in [-0.25, -0.2) is 8.42 Å². The van der Waals surface area contributed by atoms with Gasteiger partial charge in [0.15, 0.2) is 0 Å². The van der Waals surface area contributed by atoms with Crippen molar-refractivity contribution >= 4 is 19.7 Å². The summed E-state index contributed by atoms with van der Waals surface area (Å²) in [5.41, 5.74) is -0.144. The van der Waals surface area contributed by atoms with Gasteiger partial charge in [0.1, 0.15) is 11.8 Å². The van der Waals surface area contributed by atoms with Crippen LogP contribution >= 0.6 is 10.7 Å². The van der Waals surface area contributed by atoms with Gasteiger partial charge in [-0.05, 0) is 25.0 Å². The fourth-order valence-electron chi connectivity index (χ4n) is 2.42. The maximum absolute atomic E-state index is 11.5. The quantitative estimate of drug-likeness (QED) is 0.775. The SMILES string of the molecule is N#Cc1ccccc1OCC1(CS(=O)(=O)Cl)CCOCC1. The van der Waals surface area contributed by atoms with Crippen molar-refractivity contribution < 1.29 is 17.9 Å². The van der Waals surface area contributed by atoms with E-state index in [0.717, 1.165) is 0 Å². The molecular formula is C14H16ClNO4S. The summed E-state index contributed by atoms with van der Waals surface area (Å²) in [6, 6.07) is 8.92. The van der Waals surface area contributed by atoms with Crippen LogP contribution in [0.15, 0.2) is 24.3 Å². The van der Waals surface area contributed by atoms with Crippen LogP contribution in [0.3, 0.4) is 0 Å². The molecule has 1 aromatic carbocycles. The van der Waals surface area contributed by atoms with E-state index >= 15 is 0 Å². The lowest BCUT2D eigenvalue weighted by molar-refractivity contribution is 0.00223. The molecule has 0 N–H and O–H groups in total. The van der Waals surface area contributed by atoms with Gasteiger partial charge in [0.25, 0.3) is 0 Å². The first-order valence-corrected chi connectivity index (χ1v) is 9.04. The fraction of sp³-hybridized carbons (Fsp3) is 0.500. The Labute approximate surface area is 128 Å². The lowest BCUT2D eigenvalue weighted by Gasteiger charge is -2.35. The highest BCUT2D eigenvalue weighted by atomic mass is 35.7. The summed E-state index contributed by atoms with van der Waals surface area (Å²) < 4.78 is 33.9. The zero-order valence-corrected chi connectivity index (χ0v) is 13.0. The number of benzene rings is 1. The molecule has 1 aliphatic rings. The third kappa shape index (κ3) is 4.60. The Morgan fingerprint density at radius 2 is 2.00 bits per heavy atom. The van der Waals surface area contributed by atoms with Crippen LogP contribution in [-0.2, 0) is 13.8 Å². The lowest BCUT2D eigenvalue weighted by atomic mass is 9.83. The van der Waals surface area contributed by atoms with E-state index in [1.165, 1.54) is 0 Å². The van der Waals surface area contributed by atoms with Crippen molar-refractivity contribution in [2.24, 2.45) is 5.41 Å². The predicted octanol–water partition coefficient (Wildman–Crippen LogP) is 2.30. The molecule has 0 atom stereocenters. The van der Waals surface area contributed by atoms with Crippen LogP contribution in [0.4, 0.5) is 0 Å². The van der Waals surface area contributed by atoms with Crippen molar-refractivity contribution in [2.75, 3.05) is 25.6 Å². The molecule has 1 saturated heterocycles. The second kappa shape index (κ2) is 6.65. The fourth-order valence-corrected chi connectivity index (χ4v) is 4.21. The summed E-state index contributed by atoms with van der Waals surface area (Å²) in [5.74, 6) is 0.303. The first kappa shape index (κ1) is 16.1. The van der Waals surface area contributed by atoms with E-state index in [1.54, 1.807) is 24.3 Å². The molecule has 7 heteroatoms. The first-order valence-electron chi connectivity index (χ1n) is 6.56. The van der Waals surface area contributed by atoms with Crippen molar-refractivity contribution in [3.05, 3.63) is 29.8 Å². The van der Waals surface area contributed by atoms with Crippen molar-refractivity contribution in [3.63, 3.8) is 0 Å². The Kier molecular flexibility index (Phi) is 5.09. The summed E-state index contributed by atoms with van der Waals surface area (Å²) in [7, 11) is 1.79. The molecule has 5 nitrogen and oxygen atoms in total. The smallest absolute Gasteiger partial charge is 0.233 e. The van der Waals surface area contributed by atoms with Crippen LogP contribution in [0.25, 0.3) is 0 Å². The molecule has 21 heavy (non-hydrogen) atoms. The van der Waals surface area contributed by atoms with Gasteiger partial charge in [-0.2, -0.15) is 5.26 Å². The second-order valence-corrected chi connectivity index (χ2v) is 7.97. The van der Waals surface area contributed by atoms with Gasteiger partial charge >= 0.3 is 0 Å². The van der Waals surface area contributed by atoms with Gasteiger partial charge in [-0.1, -0.05) is 12.1 Å². The van der Waals surface area contributed by atoms with E-state index in [9.17, 15) is 8.42 Å². The van der Waals surface area contributed by atoms with Gasteiger partial charge in [-0.15, -0.1) is 0 Å². The maximum atomic E-state index is 11.5.